The highest BCUT2D eigenvalue weighted by molar-refractivity contribution is 6.04. The smallest absolute Gasteiger partial charge is 0.233 e. The van der Waals surface area contributed by atoms with Crippen LogP contribution in [0.15, 0.2) is 18.2 Å². The summed E-state index contributed by atoms with van der Waals surface area (Å²) in [5, 5.41) is 2.97. The summed E-state index contributed by atoms with van der Waals surface area (Å²) < 4.78 is 0. The molecule has 2 amide bonds. The monoisotopic (exact) mass is 316 g/mol. The van der Waals surface area contributed by atoms with Crippen molar-refractivity contribution in [3.8, 4) is 0 Å². The lowest BCUT2D eigenvalue weighted by Gasteiger charge is -2.30. The highest BCUT2D eigenvalue weighted by Crippen LogP contribution is 2.23. The number of nitrogens with one attached hydrogen (secondary N) is 1. The number of nitrogens with zero attached hydrogens (tertiary/aromatic N) is 1. The van der Waals surface area contributed by atoms with E-state index in [1.807, 2.05) is 23.1 Å². The summed E-state index contributed by atoms with van der Waals surface area (Å²) in [7, 11) is 0. The number of carbonyl (C=O) groups excluding carboxylic acids is 2. The molecule has 0 radical (unpaired) electrons. The molecule has 0 bridgehead atoms. The zero-order valence-corrected chi connectivity index (χ0v) is 14.5. The van der Waals surface area contributed by atoms with Gasteiger partial charge < -0.3 is 10.2 Å². The molecule has 1 aliphatic heterocycles. The molecule has 0 atom stereocenters. The van der Waals surface area contributed by atoms with Crippen LogP contribution in [0, 0.1) is 5.92 Å². The molecule has 2 rings (SSSR count). The first kappa shape index (κ1) is 17.5. The first-order chi connectivity index (χ1) is 11.0. The van der Waals surface area contributed by atoms with Crippen molar-refractivity contribution in [3.63, 3.8) is 0 Å². The summed E-state index contributed by atoms with van der Waals surface area (Å²) in [5.74, 6) is 0.419. The fourth-order valence-electron chi connectivity index (χ4n) is 3.09. The van der Waals surface area contributed by atoms with Crippen LogP contribution in [0.5, 0.6) is 0 Å². The van der Waals surface area contributed by atoms with E-state index in [4.69, 9.17) is 0 Å². The van der Waals surface area contributed by atoms with Gasteiger partial charge in [0.05, 0.1) is 0 Å². The van der Waals surface area contributed by atoms with Crippen molar-refractivity contribution in [2.45, 2.75) is 52.9 Å². The minimum Gasteiger partial charge on any atom is -0.342 e. The highest BCUT2D eigenvalue weighted by Gasteiger charge is 2.22. The van der Waals surface area contributed by atoms with E-state index in [0.717, 1.165) is 55.6 Å². The normalized spacial score (nSPS) is 15.5. The van der Waals surface area contributed by atoms with Crippen molar-refractivity contribution >= 4 is 17.5 Å². The van der Waals surface area contributed by atoms with Crippen molar-refractivity contribution in [2.75, 3.05) is 18.4 Å². The Morgan fingerprint density at radius 3 is 2.22 bits per heavy atom. The van der Waals surface area contributed by atoms with Gasteiger partial charge in [-0.05, 0) is 42.7 Å². The third kappa shape index (κ3) is 4.57. The Hall–Kier alpha value is -1.84. The summed E-state index contributed by atoms with van der Waals surface area (Å²) in [4.78, 5) is 26.4. The molecule has 1 heterocycles. The molecule has 126 valence electrons. The van der Waals surface area contributed by atoms with Gasteiger partial charge in [-0.3, -0.25) is 9.59 Å². The number of benzene rings is 1. The second-order valence-corrected chi connectivity index (χ2v) is 6.45. The Kier molecular flexibility index (Phi) is 6.20. The minimum absolute atomic E-state index is 0.0542. The average molecular weight is 316 g/mol. The van der Waals surface area contributed by atoms with Gasteiger partial charge in [-0.1, -0.05) is 39.0 Å². The first-order valence-electron chi connectivity index (χ1n) is 8.73. The molecular weight excluding hydrogens is 288 g/mol. The van der Waals surface area contributed by atoms with Gasteiger partial charge in [-0.25, -0.2) is 0 Å². The van der Waals surface area contributed by atoms with E-state index in [1.165, 1.54) is 0 Å². The Morgan fingerprint density at radius 1 is 1.13 bits per heavy atom. The molecule has 1 fully saturated rings. The van der Waals surface area contributed by atoms with Gasteiger partial charge >= 0.3 is 0 Å². The van der Waals surface area contributed by atoms with Crippen LogP contribution < -0.4 is 5.32 Å². The van der Waals surface area contributed by atoms with Gasteiger partial charge in [0.2, 0.25) is 11.8 Å². The lowest BCUT2D eigenvalue weighted by atomic mass is 9.99. The quantitative estimate of drug-likeness (QED) is 0.846. The summed E-state index contributed by atoms with van der Waals surface area (Å²) in [6.45, 7) is 7.91. The molecule has 0 unspecified atom stereocenters. The molecule has 1 N–H and O–H groups in total. The van der Waals surface area contributed by atoms with Gasteiger partial charge in [-0.2, -0.15) is 0 Å². The summed E-state index contributed by atoms with van der Waals surface area (Å²) in [5.41, 5.74) is 3.14. The van der Waals surface area contributed by atoms with Crippen LogP contribution in [0.1, 0.15) is 51.2 Å². The third-order valence-electron chi connectivity index (χ3n) is 4.71. The molecule has 1 saturated heterocycles. The Labute approximate surface area is 139 Å². The number of amides is 2. The van der Waals surface area contributed by atoms with Gasteiger partial charge in [-0.15, -0.1) is 0 Å². The number of rotatable bonds is 5. The number of piperidine rings is 1. The van der Waals surface area contributed by atoms with Crippen LogP contribution in [0.4, 0.5) is 5.69 Å². The predicted octanol–water partition coefficient (Wildman–Crippen LogP) is 3.40. The first-order valence-corrected chi connectivity index (χ1v) is 8.73. The molecule has 0 aliphatic carbocycles. The maximum Gasteiger partial charge on any atom is 0.233 e. The number of aryl methyl sites for hydroxylation is 2. The van der Waals surface area contributed by atoms with Crippen molar-refractivity contribution < 1.29 is 9.59 Å². The molecule has 1 aromatic rings. The van der Waals surface area contributed by atoms with E-state index in [9.17, 15) is 9.59 Å². The van der Waals surface area contributed by atoms with E-state index in [1.54, 1.807) is 0 Å². The predicted molar refractivity (Wildman–Crippen MR) is 93.4 cm³/mol. The highest BCUT2D eigenvalue weighted by atomic mass is 16.2. The number of anilines is 1. The van der Waals surface area contributed by atoms with Gasteiger partial charge in [0.25, 0.3) is 0 Å². The van der Waals surface area contributed by atoms with Crippen LogP contribution in [0.2, 0.25) is 0 Å². The average Bonchev–Trinajstić information content (AvgIpc) is 2.55. The lowest BCUT2D eigenvalue weighted by Crippen LogP contribution is -2.39. The van der Waals surface area contributed by atoms with Gasteiger partial charge in [0.1, 0.15) is 6.42 Å². The molecule has 1 aliphatic rings. The second kappa shape index (κ2) is 8.14. The van der Waals surface area contributed by atoms with Gasteiger partial charge in [0.15, 0.2) is 0 Å². The van der Waals surface area contributed by atoms with Gasteiger partial charge in [0, 0.05) is 18.8 Å². The Balaban J connectivity index is 1.98. The van der Waals surface area contributed by atoms with E-state index >= 15 is 0 Å². The van der Waals surface area contributed by atoms with Crippen molar-refractivity contribution in [1.29, 1.82) is 0 Å². The molecule has 4 nitrogen and oxygen atoms in total. The molecule has 0 saturated carbocycles. The van der Waals surface area contributed by atoms with Crippen LogP contribution >= 0.6 is 0 Å². The zero-order valence-electron chi connectivity index (χ0n) is 14.5. The summed E-state index contributed by atoms with van der Waals surface area (Å²) in [6.07, 6.45) is 3.73. The van der Waals surface area contributed by atoms with E-state index in [-0.39, 0.29) is 18.2 Å². The maximum absolute atomic E-state index is 12.3. The van der Waals surface area contributed by atoms with Crippen LogP contribution in [-0.4, -0.2) is 29.8 Å². The Bertz CT molecular complexity index is 538. The molecule has 0 spiro atoms. The number of hydrogen-bond donors (Lipinski definition) is 1. The molecule has 1 aromatic carbocycles. The topological polar surface area (TPSA) is 49.4 Å². The van der Waals surface area contributed by atoms with E-state index in [2.05, 4.69) is 26.1 Å². The molecule has 0 aromatic heterocycles. The molecule has 23 heavy (non-hydrogen) atoms. The maximum atomic E-state index is 12.3. The molecule has 4 heteroatoms. The largest absolute Gasteiger partial charge is 0.342 e. The molecular formula is C19H28N2O2. The van der Waals surface area contributed by atoms with Crippen molar-refractivity contribution in [1.82, 2.24) is 4.90 Å². The fourth-order valence-corrected chi connectivity index (χ4v) is 3.09. The van der Waals surface area contributed by atoms with Crippen molar-refractivity contribution in [2.24, 2.45) is 5.92 Å². The van der Waals surface area contributed by atoms with Crippen LogP contribution in [0.3, 0.4) is 0 Å². The number of carbonyl (C=O) groups is 2. The Morgan fingerprint density at radius 2 is 1.70 bits per heavy atom. The zero-order chi connectivity index (χ0) is 16.8. The van der Waals surface area contributed by atoms with Crippen LogP contribution in [0.25, 0.3) is 0 Å². The lowest BCUT2D eigenvalue weighted by molar-refractivity contribution is -0.135. The van der Waals surface area contributed by atoms with E-state index in [0.29, 0.717) is 5.92 Å². The fraction of sp³-hybridized carbons (Fsp3) is 0.579. The summed E-state index contributed by atoms with van der Waals surface area (Å²) in [6, 6.07) is 6.08. The number of para-hydroxylation sites is 1. The third-order valence-corrected chi connectivity index (χ3v) is 4.71. The standard InChI is InChI=1S/C19H28N2O2/c1-4-15-7-6-8-16(5-2)19(15)20-17(22)13-18(23)21-11-9-14(3)10-12-21/h6-8,14H,4-5,9-13H2,1-3H3,(H,20,22). The summed E-state index contributed by atoms with van der Waals surface area (Å²) >= 11 is 0. The van der Waals surface area contributed by atoms with E-state index < -0.39 is 0 Å². The minimum atomic E-state index is -0.204. The van der Waals surface area contributed by atoms with Crippen molar-refractivity contribution in [3.05, 3.63) is 29.3 Å². The SMILES string of the molecule is CCc1cccc(CC)c1NC(=O)CC(=O)N1CCC(C)CC1. The second-order valence-electron chi connectivity index (χ2n) is 6.45. The van der Waals surface area contributed by atoms with Crippen LogP contribution in [-0.2, 0) is 22.4 Å². The number of likely N-dealkylation sites (tertiary alicyclic amines) is 1. The number of hydrogen-bond acceptors (Lipinski definition) is 2.